The number of hydrogen-bond acceptors (Lipinski definition) is 9. The van der Waals surface area contributed by atoms with E-state index < -0.39 is 10.0 Å². The van der Waals surface area contributed by atoms with Crippen LogP contribution in [-0.2, 0) is 33.1 Å². The number of esters is 1. The Morgan fingerprint density at radius 2 is 1.95 bits per heavy atom. The number of carbonyl (C=O) groups is 1. The number of methoxy groups -OCH3 is 1. The second-order valence-corrected chi connectivity index (χ2v) is 14.0. The van der Waals surface area contributed by atoms with Gasteiger partial charge >= 0.3 is 5.97 Å². The molecule has 4 aromatic rings. The van der Waals surface area contributed by atoms with Gasteiger partial charge in [0, 0.05) is 44.8 Å². The second kappa shape index (κ2) is 11.2. The zero-order valence-electron chi connectivity index (χ0n) is 25.1. The second-order valence-electron chi connectivity index (χ2n) is 12.0. The first-order valence-electron chi connectivity index (χ1n) is 15.1. The molecule has 4 heterocycles. The van der Waals surface area contributed by atoms with Gasteiger partial charge in [0.2, 0.25) is 10.0 Å². The zero-order valence-corrected chi connectivity index (χ0v) is 26.0. The molecule has 2 fully saturated rings. The highest BCUT2D eigenvalue weighted by molar-refractivity contribution is 7.89. The van der Waals surface area contributed by atoms with E-state index in [1.165, 1.54) is 7.11 Å². The third kappa shape index (κ3) is 5.19. The Bertz CT molecular complexity index is 1850. The molecule has 7 rings (SSSR count). The number of carbonyl (C=O) groups excluding carboxylic acids is 1. The predicted molar refractivity (Wildman–Crippen MR) is 164 cm³/mol. The van der Waals surface area contributed by atoms with Gasteiger partial charge < -0.3 is 14.4 Å². The molecule has 0 spiro atoms. The van der Waals surface area contributed by atoms with Gasteiger partial charge in [-0.15, -0.1) is 5.10 Å². The molecule has 230 valence electrons. The average Bonchev–Trinajstić information content (AvgIpc) is 3.59. The summed E-state index contributed by atoms with van der Waals surface area (Å²) in [6.07, 6.45) is 5.85. The van der Waals surface area contributed by atoms with Gasteiger partial charge in [-0.1, -0.05) is 23.4 Å². The van der Waals surface area contributed by atoms with E-state index in [1.807, 2.05) is 44.3 Å². The molecule has 2 aromatic carbocycles. The minimum atomic E-state index is -3.80. The lowest BCUT2D eigenvalue weighted by Gasteiger charge is -2.26. The van der Waals surface area contributed by atoms with Crippen molar-refractivity contribution in [3.63, 3.8) is 0 Å². The van der Waals surface area contributed by atoms with Crippen LogP contribution in [0.3, 0.4) is 0 Å². The largest absolute Gasteiger partial charge is 0.488 e. The van der Waals surface area contributed by atoms with Gasteiger partial charge in [-0.2, -0.15) is 4.31 Å². The summed E-state index contributed by atoms with van der Waals surface area (Å²) in [5.41, 5.74) is 5.09. The molecule has 2 atom stereocenters. The number of rotatable bonds is 8. The van der Waals surface area contributed by atoms with Gasteiger partial charge in [-0.25, -0.2) is 18.1 Å². The number of sulfonamides is 1. The van der Waals surface area contributed by atoms with E-state index in [0.29, 0.717) is 23.6 Å². The molecule has 1 saturated heterocycles. The lowest BCUT2D eigenvalue weighted by molar-refractivity contribution is -0.140. The van der Waals surface area contributed by atoms with Gasteiger partial charge in [-0.05, 0) is 79.1 Å². The molecule has 2 aromatic heterocycles. The number of hydrogen-bond donors (Lipinski definition) is 0. The van der Waals surface area contributed by atoms with Crippen molar-refractivity contribution < 1.29 is 22.7 Å². The highest BCUT2D eigenvalue weighted by atomic mass is 32.2. The van der Waals surface area contributed by atoms with Crippen LogP contribution in [0.2, 0.25) is 0 Å². The van der Waals surface area contributed by atoms with E-state index >= 15 is 0 Å². The van der Waals surface area contributed by atoms with Gasteiger partial charge in [-0.3, -0.25) is 4.79 Å². The quantitative estimate of drug-likeness (QED) is 0.270. The molecule has 0 amide bonds. The van der Waals surface area contributed by atoms with Crippen molar-refractivity contribution in [2.75, 3.05) is 25.1 Å². The molecule has 11 nitrogen and oxygen atoms in total. The monoisotopic (exact) mass is 616 g/mol. The van der Waals surface area contributed by atoms with Crippen molar-refractivity contribution in [2.24, 2.45) is 7.05 Å². The Kier molecular flexibility index (Phi) is 7.28. The number of ether oxygens (including phenoxy) is 2. The lowest BCUT2D eigenvalue weighted by Crippen LogP contribution is -2.39. The van der Waals surface area contributed by atoms with Crippen LogP contribution in [-0.4, -0.2) is 71.0 Å². The number of aryl methyl sites for hydroxylation is 2. The number of anilines is 1. The molecule has 44 heavy (non-hydrogen) atoms. The van der Waals surface area contributed by atoms with Crippen LogP contribution in [0.15, 0.2) is 53.6 Å². The van der Waals surface area contributed by atoms with E-state index in [1.54, 1.807) is 27.3 Å². The summed E-state index contributed by atoms with van der Waals surface area (Å²) in [6.45, 7) is 3.39. The summed E-state index contributed by atoms with van der Waals surface area (Å²) in [6, 6.07) is 13.4. The van der Waals surface area contributed by atoms with E-state index in [2.05, 4.69) is 20.2 Å². The van der Waals surface area contributed by atoms with Crippen LogP contribution in [0.1, 0.15) is 60.3 Å². The third-order valence-corrected chi connectivity index (χ3v) is 10.9. The minimum Gasteiger partial charge on any atom is -0.488 e. The molecule has 1 unspecified atom stereocenters. The van der Waals surface area contributed by atoms with Crippen LogP contribution in [0.25, 0.3) is 11.0 Å². The smallest absolute Gasteiger partial charge is 0.306 e. The molecule has 1 aliphatic carbocycles. The van der Waals surface area contributed by atoms with Crippen molar-refractivity contribution in [1.29, 1.82) is 0 Å². The topological polar surface area (TPSA) is 120 Å². The molecule has 3 aliphatic rings. The predicted octanol–water partition coefficient (Wildman–Crippen LogP) is 4.08. The maximum absolute atomic E-state index is 14.0. The van der Waals surface area contributed by atoms with Crippen LogP contribution >= 0.6 is 0 Å². The highest BCUT2D eigenvalue weighted by Crippen LogP contribution is 2.39. The molecule has 0 bridgehead atoms. The normalized spacial score (nSPS) is 20.2. The number of fused-ring (bicyclic) bond motifs is 4. The SMILES string of the molecule is COC(=O)CC(c1ccc(C)c(CN2C[C@H]3CCCN3c3ncccc3S2(=O)=O)c1)c1cc(OC2CC2)c2c(c1)nnn2C. The molecular weight excluding hydrogens is 580 g/mol. The van der Waals surface area contributed by atoms with E-state index in [4.69, 9.17) is 9.47 Å². The Morgan fingerprint density at radius 1 is 1.11 bits per heavy atom. The first-order valence-corrected chi connectivity index (χ1v) is 16.5. The highest BCUT2D eigenvalue weighted by Gasteiger charge is 2.40. The lowest BCUT2D eigenvalue weighted by atomic mass is 9.86. The number of aromatic nitrogens is 4. The summed E-state index contributed by atoms with van der Waals surface area (Å²) in [4.78, 5) is 19.6. The van der Waals surface area contributed by atoms with E-state index in [0.717, 1.165) is 60.0 Å². The Hall–Kier alpha value is -4.03. The van der Waals surface area contributed by atoms with Crippen LogP contribution < -0.4 is 9.64 Å². The molecule has 2 aliphatic heterocycles. The van der Waals surface area contributed by atoms with Crippen molar-refractivity contribution >= 4 is 32.8 Å². The Labute approximate surface area is 256 Å². The standard InChI is InChI=1S/C32H36N6O5S/c1-20-8-9-21(14-23(20)18-37-19-24-6-5-13-38(24)32-29(44(37,40)41)7-4-12-33-32)26(17-30(39)42-3)22-15-27-31(36(2)35-34-27)28(16-22)43-25-10-11-25/h4,7-9,12,14-16,24-26H,5-6,10-11,13,17-19H2,1-3H3/t24-,26?/m1/s1. The summed E-state index contributed by atoms with van der Waals surface area (Å²) in [7, 11) is -0.575. The summed E-state index contributed by atoms with van der Waals surface area (Å²) < 4.78 is 42.7. The summed E-state index contributed by atoms with van der Waals surface area (Å²) in [5.74, 6) is 0.524. The van der Waals surface area contributed by atoms with Gasteiger partial charge in [0.1, 0.15) is 27.5 Å². The molecule has 12 heteroatoms. The van der Waals surface area contributed by atoms with Crippen molar-refractivity contribution in [3.05, 3.63) is 70.9 Å². The number of nitrogens with zero attached hydrogens (tertiary/aromatic N) is 6. The fourth-order valence-electron chi connectivity index (χ4n) is 6.50. The zero-order chi connectivity index (χ0) is 30.6. The fraction of sp³-hybridized carbons (Fsp3) is 0.438. The molecule has 0 N–H and O–H groups in total. The molecular formula is C32H36N6O5S. The van der Waals surface area contributed by atoms with Crippen LogP contribution in [0.5, 0.6) is 5.75 Å². The first-order chi connectivity index (χ1) is 21.2. The molecule has 0 radical (unpaired) electrons. The number of benzene rings is 2. The van der Waals surface area contributed by atoms with E-state index in [-0.39, 0.29) is 41.9 Å². The number of pyridine rings is 1. The average molecular weight is 617 g/mol. The summed E-state index contributed by atoms with van der Waals surface area (Å²) in [5, 5.41) is 8.57. The Balaban J connectivity index is 1.28. The maximum atomic E-state index is 14.0. The molecule has 1 saturated carbocycles. The van der Waals surface area contributed by atoms with Gasteiger partial charge in [0.15, 0.2) is 0 Å². The minimum absolute atomic E-state index is 0.0695. The Morgan fingerprint density at radius 3 is 2.75 bits per heavy atom. The van der Waals surface area contributed by atoms with Gasteiger partial charge in [0.05, 0.1) is 19.6 Å². The maximum Gasteiger partial charge on any atom is 0.306 e. The van der Waals surface area contributed by atoms with Gasteiger partial charge in [0.25, 0.3) is 0 Å². The van der Waals surface area contributed by atoms with Crippen LogP contribution in [0.4, 0.5) is 5.82 Å². The van der Waals surface area contributed by atoms with Crippen molar-refractivity contribution in [2.45, 2.75) is 68.5 Å². The first kappa shape index (κ1) is 28.7. The fourth-order valence-corrected chi connectivity index (χ4v) is 8.11. The third-order valence-electron chi connectivity index (χ3n) is 9.06. The van der Waals surface area contributed by atoms with Crippen molar-refractivity contribution in [3.8, 4) is 5.75 Å². The van der Waals surface area contributed by atoms with Crippen LogP contribution in [0, 0.1) is 6.92 Å². The summed E-state index contributed by atoms with van der Waals surface area (Å²) >= 11 is 0. The van der Waals surface area contributed by atoms with Crippen molar-refractivity contribution in [1.82, 2.24) is 24.3 Å². The van der Waals surface area contributed by atoms with E-state index in [9.17, 15) is 13.2 Å².